The van der Waals surface area contributed by atoms with Gasteiger partial charge in [-0.15, -0.1) is 0 Å². The van der Waals surface area contributed by atoms with E-state index in [0.717, 1.165) is 39.0 Å². The van der Waals surface area contributed by atoms with Crippen molar-refractivity contribution in [3.8, 4) is 33.8 Å². The van der Waals surface area contributed by atoms with Crippen LogP contribution in [0.15, 0.2) is 72.9 Å². The average molecular weight is 422 g/mol. The lowest BCUT2D eigenvalue weighted by molar-refractivity contribution is 0.298. The van der Waals surface area contributed by atoms with Gasteiger partial charge in [-0.1, -0.05) is 42.5 Å². The Bertz CT molecular complexity index is 1360. The lowest BCUT2D eigenvalue weighted by Crippen LogP contribution is -1.98. The highest BCUT2D eigenvalue weighted by atomic mass is 16.3. The van der Waals surface area contributed by atoms with Gasteiger partial charge in [-0.05, 0) is 29.8 Å². The lowest BCUT2D eigenvalue weighted by atomic mass is 9.96. The van der Waals surface area contributed by atoms with Crippen molar-refractivity contribution in [2.75, 3.05) is 19.0 Å². The predicted molar refractivity (Wildman–Crippen MR) is 126 cm³/mol. The predicted octanol–water partition coefficient (Wildman–Crippen LogP) is 4.33. The van der Waals surface area contributed by atoms with Gasteiger partial charge in [0.15, 0.2) is 0 Å². The van der Waals surface area contributed by atoms with E-state index in [9.17, 15) is 5.11 Å². The van der Waals surface area contributed by atoms with Crippen molar-refractivity contribution in [3.05, 3.63) is 78.6 Å². The third-order valence-corrected chi connectivity index (χ3v) is 5.47. The number of H-pyrrole nitrogens is 1. The maximum absolute atomic E-state index is 9.40. The van der Waals surface area contributed by atoms with Gasteiger partial charge in [0.1, 0.15) is 11.4 Å². The standard InChI is InChI=1S/C25H22N6O/c1-26-18-9-7-17(8-10-18)23-19(16-5-3-2-4-6-16)15-20-21(28-23)11-13-27-24(20)25-22(12-14-32)29-31-30-25/h2-11,13,15,26,32H,12,14H2,1H3,(H,29,30,31). The molecule has 0 atom stereocenters. The van der Waals surface area contributed by atoms with Crippen molar-refractivity contribution in [2.24, 2.45) is 0 Å². The van der Waals surface area contributed by atoms with E-state index < -0.39 is 0 Å². The third kappa shape index (κ3) is 3.59. The first-order chi connectivity index (χ1) is 15.8. The van der Waals surface area contributed by atoms with Gasteiger partial charge in [-0.2, -0.15) is 15.4 Å². The molecule has 0 fully saturated rings. The Kier molecular flexibility index (Phi) is 5.31. The fourth-order valence-corrected chi connectivity index (χ4v) is 3.86. The number of anilines is 1. The number of hydrogen-bond donors (Lipinski definition) is 3. The quantitative estimate of drug-likeness (QED) is 0.377. The van der Waals surface area contributed by atoms with Crippen molar-refractivity contribution >= 4 is 16.6 Å². The number of aliphatic hydroxyl groups excluding tert-OH is 1. The monoisotopic (exact) mass is 422 g/mol. The summed E-state index contributed by atoms with van der Waals surface area (Å²) < 4.78 is 0. The second kappa shape index (κ2) is 8.56. The molecule has 0 aliphatic heterocycles. The summed E-state index contributed by atoms with van der Waals surface area (Å²) in [5, 5.41) is 24.6. The highest BCUT2D eigenvalue weighted by Gasteiger charge is 2.18. The number of benzene rings is 2. The molecule has 2 aromatic carbocycles. The van der Waals surface area contributed by atoms with Crippen LogP contribution < -0.4 is 5.32 Å². The van der Waals surface area contributed by atoms with Gasteiger partial charge in [0.2, 0.25) is 0 Å². The highest BCUT2D eigenvalue weighted by molar-refractivity contribution is 5.98. The second-order valence-corrected chi connectivity index (χ2v) is 7.40. The maximum Gasteiger partial charge on any atom is 0.135 e. The normalized spacial score (nSPS) is 11.1. The van der Waals surface area contributed by atoms with E-state index in [2.05, 4.69) is 56.0 Å². The fourth-order valence-electron chi connectivity index (χ4n) is 3.86. The van der Waals surface area contributed by atoms with E-state index in [1.54, 1.807) is 6.20 Å². The molecule has 0 unspecified atom stereocenters. The van der Waals surface area contributed by atoms with Crippen LogP contribution in [0.4, 0.5) is 5.69 Å². The van der Waals surface area contributed by atoms with E-state index in [1.165, 1.54) is 0 Å². The molecule has 0 bridgehead atoms. The molecule has 7 heteroatoms. The molecular formula is C25H22N6O. The summed E-state index contributed by atoms with van der Waals surface area (Å²) in [6.07, 6.45) is 2.14. The fraction of sp³-hybridized carbons (Fsp3) is 0.120. The van der Waals surface area contributed by atoms with E-state index in [-0.39, 0.29) is 6.61 Å². The Morgan fingerprint density at radius 2 is 1.69 bits per heavy atom. The zero-order chi connectivity index (χ0) is 21.9. The number of fused-ring (bicyclic) bond motifs is 1. The number of aromatic amines is 1. The van der Waals surface area contributed by atoms with Crippen LogP contribution in [-0.4, -0.2) is 44.1 Å². The second-order valence-electron chi connectivity index (χ2n) is 7.40. The number of nitrogens with zero attached hydrogens (tertiary/aromatic N) is 4. The third-order valence-electron chi connectivity index (χ3n) is 5.47. The van der Waals surface area contributed by atoms with Crippen LogP contribution in [0.5, 0.6) is 0 Å². The van der Waals surface area contributed by atoms with Crippen molar-refractivity contribution in [1.29, 1.82) is 0 Å². The number of rotatable bonds is 6. The van der Waals surface area contributed by atoms with E-state index in [1.807, 2.05) is 43.4 Å². The minimum absolute atomic E-state index is 0.00935. The van der Waals surface area contributed by atoms with Gasteiger partial charge < -0.3 is 10.4 Å². The van der Waals surface area contributed by atoms with Crippen LogP contribution >= 0.6 is 0 Å². The van der Waals surface area contributed by atoms with Crippen LogP contribution in [0.2, 0.25) is 0 Å². The maximum atomic E-state index is 9.40. The van der Waals surface area contributed by atoms with Gasteiger partial charge in [-0.3, -0.25) is 4.98 Å². The van der Waals surface area contributed by atoms with E-state index >= 15 is 0 Å². The smallest absolute Gasteiger partial charge is 0.135 e. The van der Waals surface area contributed by atoms with Crippen LogP contribution in [-0.2, 0) is 6.42 Å². The van der Waals surface area contributed by atoms with E-state index in [4.69, 9.17) is 4.98 Å². The highest BCUT2D eigenvalue weighted by Crippen LogP contribution is 2.36. The first-order valence-corrected chi connectivity index (χ1v) is 10.4. The summed E-state index contributed by atoms with van der Waals surface area (Å²) in [5.74, 6) is 0. The topological polar surface area (TPSA) is 99.6 Å². The zero-order valence-corrected chi connectivity index (χ0v) is 17.6. The molecule has 7 nitrogen and oxygen atoms in total. The summed E-state index contributed by atoms with van der Waals surface area (Å²) >= 11 is 0. The first kappa shape index (κ1) is 19.8. The van der Waals surface area contributed by atoms with Crippen molar-refractivity contribution in [2.45, 2.75) is 6.42 Å². The average Bonchev–Trinajstić information content (AvgIpc) is 3.32. The minimum Gasteiger partial charge on any atom is -0.396 e. The molecule has 0 aliphatic carbocycles. The Morgan fingerprint density at radius 1 is 0.875 bits per heavy atom. The minimum atomic E-state index is -0.00935. The van der Waals surface area contributed by atoms with Crippen LogP contribution in [0.1, 0.15) is 5.69 Å². The van der Waals surface area contributed by atoms with Gasteiger partial charge >= 0.3 is 0 Å². The molecule has 3 heterocycles. The van der Waals surface area contributed by atoms with Crippen LogP contribution in [0.3, 0.4) is 0 Å². The molecule has 0 radical (unpaired) electrons. The molecule has 0 saturated carbocycles. The molecule has 3 N–H and O–H groups in total. The number of nitrogens with one attached hydrogen (secondary N) is 2. The molecule has 0 saturated heterocycles. The van der Waals surface area contributed by atoms with E-state index in [0.29, 0.717) is 23.5 Å². The first-order valence-electron chi connectivity index (χ1n) is 10.4. The van der Waals surface area contributed by atoms with Gasteiger partial charge in [0.25, 0.3) is 0 Å². The van der Waals surface area contributed by atoms with Gasteiger partial charge in [-0.25, -0.2) is 4.98 Å². The molecular weight excluding hydrogens is 400 g/mol. The van der Waals surface area contributed by atoms with Crippen molar-refractivity contribution < 1.29 is 5.11 Å². The molecule has 0 aliphatic rings. The largest absolute Gasteiger partial charge is 0.396 e. The van der Waals surface area contributed by atoms with Crippen LogP contribution in [0.25, 0.3) is 44.7 Å². The van der Waals surface area contributed by atoms with Crippen molar-refractivity contribution in [3.63, 3.8) is 0 Å². The Morgan fingerprint density at radius 3 is 2.44 bits per heavy atom. The molecule has 0 amide bonds. The summed E-state index contributed by atoms with van der Waals surface area (Å²) in [6.45, 7) is -0.00935. The number of aliphatic hydroxyl groups is 1. The molecule has 158 valence electrons. The molecule has 5 rings (SSSR count). The van der Waals surface area contributed by atoms with Crippen molar-refractivity contribution in [1.82, 2.24) is 25.4 Å². The van der Waals surface area contributed by atoms with Crippen LogP contribution in [0, 0.1) is 0 Å². The lowest BCUT2D eigenvalue weighted by Gasteiger charge is -2.13. The molecule has 3 aromatic heterocycles. The Hall–Kier alpha value is -4.10. The summed E-state index contributed by atoms with van der Waals surface area (Å²) in [6, 6.07) is 22.5. The van der Waals surface area contributed by atoms with Gasteiger partial charge in [0, 0.05) is 48.5 Å². The summed E-state index contributed by atoms with van der Waals surface area (Å²) in [4.78, 5) is 9.66. The number of hydrogen-bond acceptors (Lipinski definition) is 6. The summed E-state index contributed by atoms with van der Waals surface area (Å²) in [7, 11) is 1.90. The molecule has 32 heavy (non-hydrogen) atoms. The molecule has 5 aromatic rings. The summed E-state index contributed by atoms with van der Waals surface area (Å²) in [5.41, 5.74) is 7.89. The van der Waals surface area contributed by atoms with Gasteiger partial charge in [0.05, 0.1) is 16.9 Å². The Balaban J connectivity index is 1.77. The number of pyridine rings is 2. The Labute approximate surface area is 185 Å². The molecule has 0 spiro atoms. The number of aromatic nitrogens is 5. The zero-order valence-electron chi connectivity index (χ0n) is 17.6. The SMILES string of the molecule is CNc1ccc(-c2nc3ccnc(-c4n[nH]nc4CCO)c3cc2-c2ccccc2)cc1.